The van der Waals surface area contributed by atoms with Crippen molar-refractivity contribution in [3.05, 3.63) is 40.0 Å². The van der Waals surface area contributed by atoms with Crippen molar-refractivity contribution < 1.29 is 18.7 Å². The van der Waals surface area contributed by atoms with Gasteiger partial charge in [0.15, 0.2) is 0 Å². The molecule has 0 bridgehead atoms. The summed E-state index contributed by atoms with van der Waals surface area (Å²) in [5.41, 5.74) is 9.98. The molecule has 2 rings (SSSR count). The normalized spacial score (nSPS) is 18.4. The molecule has 3 heteroatoms. The van der Waals surface area contributed by atoms with Crippen molar-refractivity contribution >= 4 is 11.5 Å². The van der Waals surface area contributed by atoms with Gasteiger partial charge >= 0.3 is 140 Å². The Morgan fingerprint density at radius 1 is 1.10 bits per heavy atom. The number of rotatable bonds is 4. The molecule has 114 valence electrons. The molecule has 0 heterocycles. The molecule has 1 aliphatic rings. The van der Waals surface area contributed by atoms with Crippen LogP contribution in [0.5, 0.6) is 0 Å². The Bertz CT molecular complexity index is 587. The SMILES string of the molecule is CC1=C(C)[C@@H]([Si](C)(C)[Ti][NH]C(C)C)c2cc(C)cc(C)c21. The molecule has 1 atom stereocenters. The zero-order valence-corrected chi connectivity index (χ0v) is 17.4. The van der Waals surface area contributed by atoms with Gasteiger partial charge in [0.2, 0.25) is 0 Å². The second-order valence-corrected chi connectivity index (χ2v) is 19.4. The van der Waals surface area contributed by atoms with Crippen LogP contribution in [0.2, 0.25) is 13.1 Å². The average molecular weight is 335 g/mol. The van der Waals surface area contributed by atoms with Crippen LogP contribution in [0.3, 0.4) is 0 Å². The number of aryl methyl sites for hydroxylation is 2. The van der Waals surface area contributed by atoms with Crippen LogP contribution in [0.25, 0.3) is 5.57 Å². The summed E-state index contributed by atoms with van der Waals surface area (Å²) in [7, 11) is 0. The molecule has 0 unspecified atom stereocenters. The van der Waals surface area contributed by atoms with Gasteiger partial charge in [-0.1, -0.05) is 0 Å². The second kappa shape index (κ2) is 6.16. The van der Waals surface area contributed by atoms with E-state index in [2.05, 4.69) is 70.6 Å². The van der Waals surface area contributed by atoms with Crippen LogP contribution in [-0.4, -0.2) is 12.0 Å². The monoisotopic (exact) mass is 335 g/mol. The maximum absolute atomic E-state index is 3.82. The van der Waals surface area contributed by atoms with Crippen molar-refractivity contribution in [2.75, 3.05) is 0 Å². The molecule has 1 aromatic carbocycles. The van der Waals surface area contributed by atoms with Crippen LogP contribution in [0.15, 0.2) is 17.7 Å². The van der Waals surface area contributed by atoms with Crippen LogP contribution in [0.1, 0.15) is 55.5 Å². The van der Waals surface area contributed by atoms with Gasteiger partial charge in [-0.3, -0.25) is 0 Å². The van der Waals surface area contributed by atoms with E-state index in [4.69, 9.17) is 0 Å². The summed E-state index contributed by atoms with van der Waals surface area (Å²) in [6.45, 7) is 19.0. The van der Waals surface area contributed by atoms with E-state index in [9.17, 15) is 0 Å². The Morgan fingerprint density at radius 2 is 1.71 bits per heavy atom. The van der Waals surface area contributed by atoms with Crippen molar-refractivity contribution in [1.82, 2.24) is 3.80 Å². The molecule has 0 saturated heterocycles. The number of hydrogen-bond acceptors (Lipinski definition) is 1. The van der Waals surface area contributed by atoms with E-state index in [1.807, 2.05) is 0 Å². The predicted octanol–water partition coefficient (Wildman–Crippen LogP) is 4.93. The van der Waals surface area contributed by atoms with Gasteiger partial charge in [-0.05, 0) is 0 Å². The molecule has 1 N–H and O–H groups in total. The van der Waals surface area contributed by atoms with E-state index < -0.39 is 5.94 Å². The fourth-order valence-corrected chi connectivity index (χ4v) is 12.3. The molecule has 0 spiro atoms. The first-order valence-corrected chi connectivity index (χ1v) is 14.2. The number of benzene rings is 1. The summed E-state index contributed by atoms with van der Waals surface area (Å²) < 4.78 is 3.82. The van der Waals surface area contributed by atoms with Gasteiger partial charge < -0.3 is 0 Å². The van der Waals surface area contributed by atoms with Crippen molar-refractivity contribution in [1.29, 1.82) is 0 Å². The van der Waals surface area contributed by atoms with Gasteiger partial charge in [0.05, 0.1) is 0 Å². The molecule has 1 aromatic rings. The maximum atomic E-state index is 3.82. The zero-order valence-electron chi connectivity index (χ0n) is 14.8. The van der Waals surface area contributed by atoms with E-state index in [1.54, 1.807) is 22.3 Å². The Balaban J connectivity index is 2.48. The van der Waals surface area contributed by atoms with Crippen LogP contribution in [0, 0.1) is 13.8 Å². The molecule has 0 aliphatic heterocycles. The first-order valence-electron chi connectivity index (χ1n) is 7.96. The summed E-state index contributed by atoms with van der Waals surface area (Å²) in [5.74, 6) is -1.28. The Kier molecular flexibility index (Phi) is 5.04. The fourth-order valence-electron chi connectivity index (χ4n) is 3.72. The molecule has 0 amide bonds. The predicted molar refractivity (Wildman–Crippen MR) is 92.7 cm³/mol. The molecular weight excluding hydrogens is 306 g/mol. The Labute approximate surface area is 140 Å². The molecule has 1 nitrogen and oxygen atoms in total. The third-order valence-corrected chi connectivity index (χ3v) is 13.6. The summed E-state index contributed by atoms with van der Waals surface area (Å²) in [5, 5.41) is 0. The molecule has 0 saturated carbocycles. The standard InChI is InChI=1S/C15H21Si.C3H8N.Ti/c1-9-7-10(2)14-11(3)12(4)15(16(5)6)13(14)8-9;1-3(2)4;/h7-8,15H,1-6H3;3-4H,1-2H3;/q;-1;+1/t15-;;/m1../s1. The van der Waals surface area contributed by atoms with Crippen molar-refractivity contribution in [3.63, 3.8) is 0 Å². The van der Waals surface area contributed by atoms with Crippen molar-refractivity contribution in [2.45, 2.75) is 66.2 Å². The molecule has 0 aromatic heterocycles. The number of fused-ring (bicyclic) bond motifs is 1. The zero-order chi connectivity index (χ0) is 15.9. The third-order valence-electron chi connectivity index (χ3n) is 4.63. The molecular formula is C18H29NSiTi. The van der Waals surface area contributed by atoms with E-state index in [0.717, 1.165) is 5.54 Å². The van der Waals surface area contributed by atoms with Crippen molar-refractivity contribution in [3.8, 4) is 0 Å². The van der Waals surface area contributed by atoms with Crippen LogP contribution in [-0.2, 0) is 18.7 Å². The van der Waals surface area contributed by atoms with Gasteiger partial charge in [-0.15, -0.1) is 0 Å². The number of allylic oxidation sites excluding steroid dienone is 2. The molecule has 21 heavy (non-hydrogen) atoms. The number of hydrogen-bond donors (Lipinski definition) is 1. The minimum absolute atomic E-state index is 0.0626. The van der Waals surface area contributed by atoms with E-state index in [1.165, 1.54) is 11.1 Å². The number of nitrogens with one attached hydrogen (secondary N) is 1. The van der Waals surface area contributed by atoms with Gasteiger partial charge in [-0.25, -0.2) is 0 Å². The van der Waals surface area contributed by atoms with Crippen LogP contribution < -0.4 is 3.80 Å². The summed E-state index contributed by atoms with van der Waals surface area (Å²) >= 11 is -0.0626. The summed E-state index contributed by atoms with van der Waals surface area (Å²) in [6, 6.07) is 5.43. The van der Waals surface area contributed by atoms with Crippen LogP contribution in [0.4, 0.5) is 0 Å². The first-order chi connectivity index (χ1) is 9.65. The average Bonchev–Trinajstić information content (AvgIpc) is 2.59. The van der Waals surface area contributed by atoms with Gasteiger partial charge in [0.1, 0.15) is 0 Å². The molecule has 0 fully saturated rings. The first kappa shape index (κ1) is 17.2. The second-order valence-electron chi connectivity index (χ2n) is 7.43. The molecule has 1 aliphatic carbocycles. The van der Waals surface area contributed by atoms with Crippen LogP contribution >= 0.6 is 0 Å². The van der Waals surface area contributed by atoms with Crippen molar-refractivity contribution in [2.24, 2.45) is 0 Å². The van der Waals surface area contributed by atoms with E-state index in [0.29, 0.717) is 6.04 Å². The molecule has 0 radical (unpaired) electrons. The van der Waals surface area contributed by atoms with Gasteiger partial charge in [0, 0.05) is 0 Å². The van der Waals surface area contributed by atoms with Gasteiger partial charge in [-0.2, -0.15) is 0 Å². The van der Waals surface area contributed by atoms with Gasteiger partial charge in [0.25, 0.3) is 0 Å². The third kappa shape index (κ3) is 3.29. The topological polar surface area (TPSA) is 12.0 Å². The fraction of sp³-hybridized carbons (Fsp3) is 0.556. The van der Waals surface area contributed by atoms with E-state index >= 15 is 0 Å². The van der Waals surface area contributed by atoms with E-state index in [-0.39, 0.29) is 18.7 Å². The summed E-state index contributed by atoms with van der Waals surface area (Å²) in [4.78, 5) is 0. The summed E-state index contributed by atoms with van der Waals surface area (Å²) in [6.07, 6.45) is 0. The quantitative estimate of drug-likeness (QED) is 0.769. The Hall–Kier alpha value is -0.149. The Morgan fingerprint density at radius 3 is 2.29 bits per heavy atom. The minimum atomic E-state index is -1.28.